The molecule has 0 bridgehead atoms. The van der Waals surface area contributed by atoms with Crippen molar-refractivity contribution in [2.75, 3.05) is 0 Å². The molecule has 0 aromatic carbocycles. The minimum absolute atomic E-state index is 0.0231. The predicted octanol–water partition coefficient (Wildman–Crippen LogP) is 3.67. The van der Waals surface area contributed by atoms with Crippen molar-refractivity contribution in [3.63, 3.8) is 0 Å². The fraction of sp³-hybridized carbons (Fsp3) is 0.826. The molecule has 4 saturated carbocycles. The largest absolute Gasteiger partial charge is 0.451 e. The first-order valence-corrected chi connectivity index (χ1v) is 10.8. The molecule has 4 rings (SSSR count). The van der Waals surface area contributed by atoms with Gasteiger partial charge in [-0.2, -0.15) is 0 Å². The summed E-state index contributed by atoms with van der Waals surface area (Å²) in [6, 6.07) is 0. The maximum atomic E-state index is 13.3. The van der Waals surface area contributed by atoms with Crippen LogP contribution in [0.4, 0.5) is 0 Å². The van der Waals surface area contributed by atoms with Crippen LogP contribution in [0.2, 0.25) is 0 Å². The van der Waals surface area contributed by atoms with E-state index >= 15 is 0 Å². The van der Waals surface area contributed by atoms with Crippen molar-refractivity contribution in [1.29, 1.82) is 0 Å². The summed E-state index contributed by atoms with van der Waals surface area (Å²) in [4.78, 5) is 50.0. The highest BCUT2D eigenvalue weighted by atomic mass is 16.6. The number of carbonyl (C=O) groups excluding carboxylic acids is 4. The van der Waals surface area contributed by atoms with E-state index in [1.165, 1.54) is 13.8 Å². The SMILES string of the molecule is CC(=O)O[C@@]1(C(C)=O)CC[C@@]2(C)[C@@H](CC(=O)[C@H]3[C@H]4CCC(=O)[C@@]4(C)CC[C@@H]32)C1. The number of ketones is 3. The van der Waals surface area contributed by atoms with E-state index in [-0.39, 0.29) is 46.1 Å². The third kappa shape index (κ3) is 2.57. The molecule has 5 heteroatoms. The van der Waals surface area contributed by atoms with Gasteiger partial charge in [-0.05, 0) is 68.6 Å². The first-order valence-electron chi connectivity index (χ1n) is 10.8. The Bertz CT molecular complexity index is 756. The van der Waals surface area contributed by atoms with Gasteiger partial charge in [-0.15, -0.1) is 0 Å². The number of hydrogen-bond acceptors (Lipinski definition) is 5. The van der Waals surface area contributed by atoms with Crippen molar-refractivity contribution in [3.05, 3.63) is 0 Å². The topological polar surface area (TPSA) is 77.5 Å². The Labute approximate surface area is 167 Å². The van der Waals surface area contributed by atoms with Gasteiger partial charge in [-0.3, -0.25) is 19.2 Å². The van der Waals surface area contributed by atoms with Crippen molar-refractivity contribution in [3.8, 4) is 0 Å². The molecular weight excluding hydrogens is 356 g/mol. The number of rotatable bonds is 2. The molecule has 5 nitrogen and oxygen atoms in total. The number of hydrogen-bond donors (Lipinski definition) is 0. The second-order valence-corrected chi connectivity index (χ2v) is 10.4. The minimum Gasteiger partial charge on any atom is -0.451 e. The van der Waals surface area contributed by atoms with Gasteiger partial charge in [0.2, 0.25) is 0 Å². The molecule has 0 unspecified atom stereocenters. The number of ether oxygens (including phenoxy) is 1. The molecule has 28 heavy (non-hydrogen) atoms. The van der Waals surface area contributed by atoms with Crippen LogP contribution in [0, 0.1) is 34.5 Å². The lowest BCUT2D eigenvalue weighted by atomic mass is 9.44. The van der Waals surface area contributed by atoms with E-state index in [1.54, 1.807) is 0 Å². The Morgan fingerprint density at radius 3 is 2.36 bits per heavy atom. The molecule has 0 aromatic heterocycles. The summed E-state index contributed by atoms with van der Waals surface area (Å²) >= 11 is 0. The van der Waals surface area contributed by atoms with Crippen LogP contribution in [0.5, 0.6) is 0 Å². The predicted molar refractivity (Wildman–Crippen MR) is 102 cm³/mol. The van der Waals surface area contributed by atoms with E-state index in [9.17, 15) is 19.2 Å². The summed E-state index contributed by atoms with van der Waals surface area (Å²) in [7, 11) is 0. The van der Waals surface area contributed by atoms with Crippen LogP contribution in [-0.2, 0) is 23.9 Å². The van der Waals surface area contributed by atoms with Gasteiger partial charge >= 0.3 is 5.97 Å². The fourth-order valence-electron chi connectivity index (χ4n) is 7.44. The van der Waals surface area contributed by atoms with Crippen LogP contribution < -0.4 is 0 Å². The lowest BCUT2D eigenvalue weighted by Crippen LogP contribution is -2.60. The zero-order valence-corrected chi connectivity index (χ0v) is 17.5. The van der Waals surface area contributed by atoms with Crippen LogP contribution in [0.3, 0.4) is 0 Å². The molecule has 0 spiro atoms. The Kier molecular flexibility index (Phi) is 4.41. The molecule has 4 fully saturated rings. The molecule has 0 aliphatic heterocycles. The highest BCUT2D eigenvalue weighted by Gasteiger charge is 2.64. The Morgan fingerprint density at radius 1 is 1.00 bits per heavy atom. The first-order chi connectivity index (χ1) is 13.0. The van der Waals surface area contributed by atoms with Crippen molar-refractivity contribution < 1.29 is 23.9 Å². The average Bonchev–Trinajstić information content (AvgIpc) is 2.91. The molecule has 0 N–H and O–H groups in total. The molecule has 4 aliphatic rings. The molecular formula is C23H32O5. The average molecular weight is 389 g/mol. The van der Waals surface area contributed by atoms with Crippen molar-refractivity contribution in [2.45, 2.75) is 84.7 Å². The molecule has 0 aromatic rings. The lowest BCUT2D eigenvalue weighted by Gasteiger charge is -2.60. The third-order valence-corrected chi connectivity index (χ3v) is 9.20. The van der Waals surface area contributed by atoms with Crippen molar-refractivity contribution in [1.82, 2.24) is 0 Å². The van der Waals surface area contributed by atoms with Gasteiger partial charge in [0.1, 0.15) is 11.6 Å². The molecule has 7 atom stereocenters. The van der Waals surface area contributed by atoms with Gasteiger partial charge in [0.05, 0.1) is 0 Å². The maximum absolute atomic E-state index is 13.3. The van der Waals surface area contributed by atoms with Crippen LogP contribution in [0.1, 0.15) is 79.1 Å². The smallest absolute Gasteiger partial charge is 0.303 e. The quantitative estimate of drug-likeness (QED) is 0.675. The summed E-state index contributed by atoms with van der Waals surface area (Å²) in [5.41, 5.74) is -1.43. The molecule has 0 heterocycles. The number of Topliss-reactive ketones (excluding diaryl/α,β-unsaturated/α-hetero) is 3. The highest BCUT2D eigenvalue weighted by molar-refractivity contribution is 5.91. The van der Waals surface area contributed by atoms with Crippen molar-refractivity contribution >= 4 is 23.3 Å². The Balaban J connectivity index is 1.66. The first kappa shape index (κ1) is 19.8. The molecule has 0 radical (unpaired) electrons. The summed E-state index contributed by atoms with van der Waals surface area (Å²) < 4.78 is 5.56. The van der Waals surface area contributed by atoms with Crippen LogP contribution >= 0.6 is 0 Å². The second-order valence-electron chi connectivity index (χ2n) is 10.4. The van der Waals surface area contributed by atoms with Crippen molar-refractivity contribution in [2.24, 2.45) is 34.5 Å². The molecule has 0 saturated heterocycles. The second kappa shape index (κ2) is 6.24. The van der Waals surface area contributed by atoms with Crippen LogP contribution in [-0.4, -0.2) is 28.9 Å². The van der Waals surface area contributed by atoms with E-state index < -0.39 is 11.6 Å². The summed E-state index contributed by atoms with van der Waals surface area (Å²) in [5, 5.41) is 0. The van der Waals surface area contributed by atoms with Gasteiger partial charge in [0.25, 0.3) is 0 Å². The van der Waals surface area contributed by atoms with Gasteiger partial charge in [-0.25, -0.2) is 0 Å². The van der Waals surface area contributed by atoms with E-state index in [4.69, 9.17) is 4.74 Å². The lowest BCUT2D eigenvalue weighted by molar-refractivity contribution is -0.187. The van der Waals surface area contributed by atoms with Crippen LogP contribution in [0.25, 0.3) is 0 Å². The standard InChI is InChI=1S/C23H32O5/c1-13(24)23(28-14(2)25)10-9-21(3)15(12-23)11-18(26)20-16-5-6-19(27)22(16,4)8-7-17(20)21/h15-17,20H,5-12H2,1-4H3/t15-,16+,17-,20-,21-,22-,23-/m0/s1. The zero-order chi connectivity index (χ0) is 20.5. The van der Waals surface area contributed by atoms with Gasteiger partial charge in [0, 0.05) is 31.1 Å². The zero-order valence-electron chi connectivity index (χ0n) is 17.5. The highest BCUT2D eigenvalue weighted by Crippen LogP contribution is 2.65. The van der Waals surface area contributed by atoms with Gasteiger partial charge in [-0.1, -0.05) is 13.8 Å². The Hall–Kier alpha value is -1.52. The van der Waals surface area contributed by atoms with Gasteiger partial charge in [0.15, 0.2) is 11.4 Å². The monoisotopic (exact) mass is 388 g/mol. The molecule has 4 aliphatic carbocycles. The van der Waals surface area contributed by atoms with E-state index in [0.717, 1.165) is 25.7 Å². The number of fused-ring (bicyclic) bond motifs is 5. The minimum atomic E-state index is -1.07. The number of carbonyl (C=O) groups is 4. The van der Waals surface area contributed by atoms with Gasteiger partial charge < -0.3 is 4.74 Å². The fourth-order valence-corrected chi connectivity index (χ4v) is 7.44. The Morgan fingerprint density at radius 2 is 1.71 bits per heavy atom. The summed E-state index contributed by atoms with van der Waals surface area (Å²) in [5.74, 6) is 0.533. The van der Waals surface area contributed by atoms with E-state index in [2.05, 4.69) is 13.8 Å². The normalized spacial score (nSPS) is 47.7. The van der Waals surface area contributed by atoms with Crippen LogP contribution in [0.15, 0.2) is 0 Å². The maximum Gasteiger partial charge on any atom is 0.303 e. The molecule has 0 amide bonds. The van der Waals surface area contributed by atoms with E-state index in [0.29, 0.717) is 31.5 Å². The molecule has 154 valence electrons. The third-order valence-electron chi connectivity index (χ3n) is 9.20. The summed E-state index contributed by atoms with van der Waals surface area (Å²) in [6.07, 6.45) is 5.44. The number of esters is 1. The van der Waals surface area contributed by atoms with E-state index in [1.807, 2.05) is 0 Å². The summed E-state index contributed by atoms with van der Waals surface area (Å²) in [6.45, 7) is 7.20.